The molecule has 0 radical (unpaired) electrons. The van der Waals surface area contributed by atoms with Crippen molar-refractivity contribution < 1.29 is 18.4 Å². The average Bonchev–Trinajstić information content (AvgIpc) is 3.25. The van der Waals surface area contributed by atoms with Gasteiger partial charge in [0, 0.05) is 23.8 Å². The van der Waals surface area contributed by atoms with Gasteiger partial charge in [-0.1, -0.05) is 11.2 Å². The summed E-state index contributed by atoms with van der Waals surface area (Å²) >= 11 is 0. The number of oxime groups is 1. The van der Waals surface area contributed by atoms with Gasteiger partial charge in [0.2, 0.25) is 12.5 Å². The van der Waals surface area contributed by atoms with Crippen LogP contribution in [0.3, 0.4) is 0 Å². The molecule has 140 valence electrons. The van der Waals surface area contributed by atoms with Gasteiger partial charge in [-0.25, -0.2) is 4.39 Å². The lowest BCUT2D eigenvalue weighted by Crippen LogP contribution is -2.12. The van der Waals surface area contributed by atoms with Crippen molar-refractivity contribution in [1.82, 2.24) is 20.2 Å². The summed E-state index contributed by atoms with van der Waals surface area (Å²) in [4.78, 5) is 13.1. The van der Waals surface area contributed by atoms with Crippen LogP contribution in [0, 0.1) is 5.82 Å². The predicted octanol–water partition coefficient (Wildman–Crippen LogP) is 3.30. The molecular formula is C19H14FN5O3. The molecule has 3 heterocycles. The molecule has 28 heavy (non-hydrogen) atoms. The zero-order valence-corrected chi connectivity index (χ0v) is 14.7. The van der Waals surface area contributed by atoms with Crippen LogP contribution in [0.2, 0.25) is 0 Å². The number of pyridine rings is 2. The Morgan fingerprint density at radius 2 is 2.11 bits per heavy atom. The summed E-state index contributed by atoms with van der Waals surface area (Å²) in [6.07, 6.45) is 4.99. The minimum absolute atomic E-state index is 0.181. The third-order valence-corrected chi connectivity index (χ3v) is 3.87. The van der Waals surface area contributed by atoms with Crippen molar-refractivity contribution in [3.05, 3.63) is 78.2 Å². The Morgan fingerprint density at radius 3 is 2.93 bits per heavy atom. The smallest absolute Gasteiger partial charge is 0.263 e. The monoisotopic (exact) mass is 379 g/mol. The molecule has 0 N–H and O–H groups in total. The third kappa shape index (κ3) is 3.63. The van der Waals surface area contributed by atoms with Crippen molar-refractivity contribution in [2.75, 3.05) is 7.11 Å². The van der Waals surface area contributed by atoms with Crippen LogP contribution in [0.15, 0.2) is 64.8 Å². The molecule has 0 aliphatic rings. The van der Waals surface area contributed by atoms with Crippen LogP contribution in [0.1, 0.15) is 23.3 Å². The first-order valence-electron chi connectivity index (χ1n) is 8.24. The molecule has 0 fully saturated rings. The van der Waals surface area contributed by atoms with Crippen LogP contribution in [0.4, 0.5) is 4.39 Å². The molecule has 0 spiro atoms. The molecule has 0 saturated heterocycles. The Balaban J connectivity index is 1.73. The zero-order valence-electron chi connectivity index (χ0n) is 14.7. The Kier molecular flexibility index (Phi) is 4.87. The fourth-order valence-electron chi connectivity index (χ4n) is 2.66. The molecule has 4 rings (SSSR count). The van der Waals surface area contributed by atoms with Crippen LogP contribution < -0.4 is 4.74 Å². The molecule has 1 atom stereocenters. The number of hydrogen-bond acceptors (Lipinski definition) is 8. The highest BCUT2D eigenvalue weighted by atomic mass is 19.1. The van der Waals surface area contributed by atoms with Gasteiger partial charge in [-0.2, -0.15) is 0 Å². The summed E-state index contributed by atoms with van der Waals surface area (Å²) in [6, 6.07) is 9.90. The van der Waals surface area contributed by atoms with Crippen LogP contribution in [-0.4, -0.2) is 33.5 Å². The molecule has 3 aromatic heterocycles. The van der Waals surface area contributed by atoms with Gasteiger partial charge in [0.05, 0.1) is 11.9 Å². The average molecular weight is 379 g/mol. The van der Waals surface area contributed by atoms with Gasteiger partial charge < -0.3 is 14.0 Å². The SMILES string of the molecule is CO/N=C/c1ccnc(C(Oc2cc(F)c3ncccc3c2)c2nnco2)c1. The maximum atomic E-state index is 14.4. The number of hydrogen-bond donors (Lipinski definition) is 0. The molecule has 8 nitrogen and oxygen atoms in total. The van der Waals surface area contributed by atoms with Crippen molar-refractivity contribution in [1.29, 1.82) is 0 Å². The Bertz CT molecular complexity index is 1120. The Morgan fingerprint density at radius 1 is 1.18 bits per heavy atom. The lowest BCUT2D eigenvalue weighted by atomic mass is 10.1. The van der Waals surface area contributed by atoms with Crippen LogP contribution in [0.25, 0.3) is 10.9 Å². The van der Waals surface area contributed by atoms with Crippen molar-refractivity contribution >= 4 is 17.1 Å². The van der Waals surface area contributed by atoms with Crippen LogP contribution in [0.5, 0.6) is 5.75 Å². The summed E-state index contributed by atoms with van der Waals surface area (Å²) in [6.45, 7) is 0. The minimum Gasteiger partial charge on any atom is -0.474 e. The first-order valence-corrected chi connectivity index (χ1v) is 8.24. The van der Waals surface area contributed by atoms with Crippen molar-refractivity contribution in [3.8, 4) is 5.75 Å². The number of benzene rings is 1. The van der Waals surface area contributed by atoms with E-state index in [4.69, 9.17) is 14.0 Å². The second-order valence-corrected chi connectivity index (χ2v) is 5.69. The summed E-state index contributed by atoms with van der Waals surface area (Å²) in [5, 5.41) is 12.0. The molecular weight excluding hydrogens is 365 g/mol. The first kappa shape index (κ1) is 17.5. The van der Waals surface area contributed by atoms with Gasteiger partial charge >= 0.3 is 0 Å². The van der Waals surface area contributed by atoms with Crippen molar-refractivity contribution in [2.45, 2.75) is 6.10 Å². The highest BCUT2D eigenvalue weighted by Gasteiger charge is 2.24. The van der Waals surface area contributed by atoms with Gasteiger partial charge in [-0.3, -0.25) is 9.97 Å². The lowest BCUT2D eigenvalue weighted by molar-refractivity contribution is 0.203. The molecule has 0 aliphatic carbocycles. The number of aromatic nitrogens is 4. The maximum absolute atomic E-state index is 14.4. The number of nitrogens with zero attached hydrogens (tertiary/aromatic N) is 5. The van der Waals surface area contributed by atoms with Crippen molar-refractivity contribution in [2.24, 2.45) is 5.16 Å². The van der Waals surface area contributed by atoms with Crippen LogP contribution in [-0.2, 0) is 4.84 Å². The molecule has 0 amide bonds. The van der Waals surface area contributed by atoms with Gasteiger partial charge in [0.25, 0.3) is 5.89 Å². The van der Waals surface area contributed by atoms with E-state index in [2.05, 4.69) is 25.3 Å². The normalized spacial score (nSPS) is 12.4. The van der Waals surface area contributed by atoms with Gasteiger partial charge in [-0.15, -0.1) is 10.2 Å². The topological polar surface area (TPSA) is 95.5 Å². The summed E-state index contributed by atoms with van der Waals surface area (Å²) in [5.41, 5.74) is 1.48. The Labute approximate surface area is 158 Å². The summed E-state index contributed by atoms with van der Waals surface area (Å²) in [7, 11) is 1.45. The number of halogens is 1. The summed E-state index contributed by atoms with van der Waals surface area (Å²) in [5.74, 6) is -0.0368. The quantitative estimate of drug-likeness (QED) is 0.375. The largest absolute Gasteiger partial charge is 0.474 e. The predicted molar refractivity (Wildman–Crippen MR) is 97.3 cm³/mol. The van der Waals surface area contributed by atoms with E-state index in [1.165, 1.54) is 32.0 Å². The van der Waals surface area contributed by atoms with E-state index in [-0.39, 0.29) is 17.2 Å². The molecule has 0 saturated carbocycles. The molecule has 4 aromatic rings. The number of fused-ring (bicyclic) bond motifs is 1. The molecule has 1 unspecified atom stereocenters. The minimum atomic E-state index is -0.841. The molecule has 1 aromatic carbocycles. The van der Waals surface area contributed by atoms with E-state index in [0.29, 0.717) is 11.1 Å². The molecule has 0 bridgehead atoms. The van der Waals surface area contributed by atoms with E-state index >= 15 is 0 Å². The fourth-order valence-corrected chi connectivity index (χ4v) is 2.66. The summed E-state index contributed by atoms with van der Waals surface area (Å²) < 4.78 is 25.7. The standard InChI is InChI=1S/C19H14FN5O3/c1-26-24-10-12-4-6-21-16(7-12)18(19-25-23-11-27-19)28-14-8-13-3-2-5-22-17(13)15(20)9-14/h2-11,18H,1H3/b24-10+. The van der Waals surface area contributed by atoms with Gasteiger partial charge in [0.15, 0.2) is 5.82 Å². The molecule has 9 heteroatoms. The van der Waals surface area contributed by atoms with Gasteiger partial charge in [-0.05, 0) is 29.8 Å². The van der Waals surface area contributed by atoms with Crippen molar-refractivity contribution in [3.63, 3.8) is 0 Å². The highest BCUT2D eigenvalue weighted by molar-refractivity contribution is 5.80. The lowest BCUT2D eigenvalue weighted by Gasteiger charge is -2.16. The van der Waals surface area contributed by atoms with E-state index in [1.807, 2.05) is 0 Å². The zero-order chi connectivity index (χ0) is 19.3. The van der Waals surface area contributed by atoms with E-state index < -0.39 is 11.9 Å². The second-order valence-electron chi connectivity index (χ2n) is 5.69. The van der Waals surface area contributed by atoms with E-state index in [9.17, 15) is 4.39 Å². The highest BCUT2D eigenvalue weighted by Crippen LogP contribution is 2.29. The maximum Gasteiger partial charge on any atom is 0.263 e. The van der Waals surface area contributed by atoms with Gasteiger partial charge in [0.1, 0.15) is 18.4 Å². The molecule has 0 aliphatic heterocycles. The third-order valence-electron chi connectivity index (χ3n) is 3.87. The fraction of sp³-hybridized carbons (Fsp3) is 0.105. The van der Waals surface area contributed by atoms with E-state index in [1.54, 1.807) is 36.5 Å². The Hall–Kier alpha value is -3.88. The number of ether oxygens (including phenoxy) is 1. The second kappa shape index (κ2) is 7.78. The first-order chi connectivity index (χ1) is 13.7. The van der Waals surface area contributed by atoms with E-state index in [0.717, 1.165) is 5.56 Å². The number of rotatable bonds is 6. The van der Waals surface area contributed by atoms with Crippen LogP contribution >= 0.6 is 0 Å².